The first-order valence-corrected chi connectivity index (χ1v) is 6.40. The molecule has 2 rings (SSSR count). The molecule has 5 nitrogen and oxygen atoms in total. The number of hydrogen-bond donors (Lipinski definition) is 1. The number of hydrogen-bond acceptors (Lipinski definition) is 4. The summed E-state index contributed by atoms with van der Waals surface area (Å²) < 4.78 is 44.0. The van der Waals surface area contributed by atoms with Crippen molar-refractivity contribution in [2.24, 2.45) is 0 Å². The van der Waals surface area contributed by atoms with E-state index < -0.39 is 18.2 Å². The molecule has 1 N–H and O–H groups in total. The number of aromatic nitrogens is 2. The summed E-state index contributed by atoms with van der Waals surface area (Å²) in [6, 6.07) is 5.41. The predicted molar refractivity (Wildman–Crippen MR) is 70.5 cm³/mol. The van der Waals surface area contributed by atoms with E-state index in [9.17, 15) is 23.1 Å². The molecule has 1 atom stereocenters. The highest BCUT2D eigenvalue weighted by Gasteiger charge is 2.40. The minimum atomic E-state index is -4.80. The lowest BCUT2D eigenvalue weighted by Crippen LogP contribution is -2.21. The van der Waals surface area contributed by atoms with Gasteiger partial charge in [-0.05, 0) is 13.0 Å². The van der Waals surface area contributed by atoms with Crippen molar-refractivity contribution in [3.63, 3.8) is 0 Å². The lowest BCUT2D eigenvalue weighted by Gasteiger charge is -2.18. The van der Waals surface area contributed by atoms with Gasteiger partial charge < -0.3 is 9.84 Å². The normalized spacial score (nSPS) is 13.0. The number of benzene rings is 1. The highest BCUT2D eigenvalue weighted by Crippen LogP contribution is 2.35. The van der Waals surface area contributed by atoms with Crippen LogP contribution in [0.25, 0.3) is 5.69 Å². The molecule has 118 valence electrons. The Labute approximate surface area is 123 Å². The van der Waals surface area contributed by atoms with Gasteiger partial charge in [0.25, 0.3) is 0 Å². The monoisotopic (exact) mass is 314 g/mol. The van der Waals surface area contributed by atoms with Crippen molar-refractivity contribution >= 4 is 5.97 Å². The minimum Gasteiger partial charge on any atom is -0.462 e. The summed E-state index contributed by atoms with van der Waals surface area (Å²) in [6.07, 6.45) is -5.00. The second-order valence-electron chi connectivity index (χ2n) is 4.40. The zero-order chi connectivity index (χ0) is 16.3. The quantitative estimate of drug-likeness (QED) is 0.881. The van der Waals surface area contributed by atoms with E-state index in [1.807, 2.05) is 0 Å². The van der Waals surface area contributed by atoms with Gasteiger partial charge in [-0.25, -0.2) is 9.48 Å². The van der Waals surface area contributed by atoms with E-state index in [-0.39, 0.29) is 23.4 Å². The van der Waals surface area contributed by atoms with Gasteiger partial charge in [-0.2, -0.15) is 18.3 Å². The van der Waals surface area contributed by atoms with Gasteiger partial charge in [-0.1, -0.05) is 18.2 Å². The lowest BCUT2D eigenvalue weighted by molar-refractivity contribution is -0.206. The maximum absolute atomic E-state index is 12.7. The average molecular weight is 314 g/mol. The Bertz CT molecular complexity index is 667. The Morgan fingerprint density at radius 1 is 1.41 bits per heavy atom. The SMILES string of the molecule is CCOC(=O)c1cnn(-c2ccccc2C(O)C(F)(F)F)c1. The van der Waals surface area contributed by atoms with Crippen LogP contribution in [0.15, 0.2) is 36.7 Å². The molecule has 0 saturated heterocycles. The van der Waals surface area contributed by atoms with Gasteiger partial charge in [0.05, 0.1) is 24.1 Å². The maximum Gasteiger partial charge on any atom is 0.418 e. The van der Waals surface area contributed by atoms with Crippen LogP contribution >= 0.6 is 0 Å². The van der Waals surface area contributed by atoms with Gasteiger partial charge in [0, 0.05) is 11.8 Å². The molecule has 22 heavy (non-hydrogen) atoms. The third-order valence-electron chi connectivity index (χ3n) is 2.88. The molecule has 0 spiro atoms. The van der Waals surface area contributed by atoms with E-state index in [0.717, 1.165) is 10.7 Å². The van der Waals surface area contributed by atoms with Gasteiger partial charge in [0.2, 0.25) is 0 Å². The first-order chi connectivity index (χ1) is 10.3. The van der Waals surface area contributed by atoms with Crippen LogP contribution in [-0.4, -0.2) is 33.6 Å². The smallest absolute Gasteiger partial charge is 0.418 e. The van der Waals surface area contributed by atoms with E-state index in [0.29, 0.717) is 0 Å². The van der Waals surface area contributed by atoms with Crippen LogP contribution in [0.4, 0.5) is 13.2 Å². The summed E-state index contributed by atoms with van der Waals surface area (Å²) in [6.45, 7) is 1.81. The van der Waals surface area contributed by atoms with E-state index in [4.69, 9.17) is 4.74 Å². The summed E-state index contributed by atoms with van der Waals surface area (Å²) >= 11 is 0. The Balaban J connectivity index is 2.40. The van der Waals surface area contributed by atoms with Gasteiger partial charge in [-0.3, -0.25) is 0 Å². The summed E-state index contributed by atoms with van der Waals surface area (Å²) in [7, 11) is 0. The predicted octanol–water partition coefficient (Wildman–Crippen LogP) is 2.64. The van der Waals surface area contributed by atoms with Gasteiger partial charge in [-0.15, -0.1) is 0 Å². The maximum atomic E-state index is 12.7. The van der Waals surface area contributed by atoms with Crippen LogP contribution < -0.4 is 0 Å². The number of para-hydroxylation sites is 1. The molecule has 2 aromatic rings. The zero-order valence-electron chi connectivity index (χ0n) is 11.5. The van der Waals surface area contributed by atoms with Crippen molar-refractivity contribution in [3.05, 3.63) is 47.8 Å². The van der Waals surface area contributed by atoms with Crippen LogP contribution in [0.2, 0.25) is 0 Å². The van der Waals surface area contributed by atoms with Crippen LogP contribution in [0, 0.1) is 0 Å². The van der Waals surface area contributed by atoms with Gasteiger partial charge >= 0.3 is 12.1 Å². The van der Waals surface area contributed by atoms with Crippen molar-refractivity contribution < 1.29 is 27.8 Å². The molecule has 0 aliphatic heterocycles. The number of rotatable bonds is 4. The molecule has 0 radical (unpaired) electrons. The fraction of sp³-hybridized carbons (Fsp3) is 0.286. The molecule has 0 aliphatic rings. The molecule has 0 amide bonds. The lowest BCUT2D eigenvalue weighted by atomic mass is 10.1. The molecular formula is C14H13F3N2O3. The molecular weight excluding hydrogens is 301 g/mol. The third kappa shape index (κ3) is 3.28. The Kier molecular flexibility index (Phi) is 4.51. The molecule has 0 bridgehead atoms. The fourth-order valence-electron chi connectivity index (χ4n) is 1.88. The molecule has 1 aromatic carbocycles. The number of alkyl halides is 3. The third-order valence-corrected chi connectivity index (χ3v) is 2.88. The average Bonchev–Trinajstić information content (AvgIpc) is 2.95. The first kappa shape index (κ1) is 16.0. The van der Waals surface area contributed by atoms with Gasteiger partial charge in [0.1, 0.15) is 0 Å². The van der Waals surface area contributed by atoms with Crippen molar-refractivity contribution in [1.29, 1.82) is 0 Å². The van der Waals surface area contributed by atoms with Crippen LogP contribution in [-0.2, 0) is 4.74 Å². The molecule has 0 aliphatic carbocycles. The summed E-state index contributed by atoms with van der Waals surface area (Å²) in [4.78, 5) is 11.6. The Morgan fingerprint density at radius 2 is 2.09 bits per heavy atom. The number of nitrogens with zero attached hydrogens (tertiary/aromatic N) is 2. The standard InChI is InChI=1S/C14H13F3N2O3/c1-2-22-13(21)9-7-18-19(8-9)11-6-4-3-5-10(11)12(20)14(15,16)17/h3-8,12,20H,2H2,1H3. The minimum absolute atomic E-state index is 0.0304. The fourth-order valence-corrected chi connectivity index (χ4v) is 1.88. The number of aliphatic hydroxyl groups is 1. The number of carbonyl (C=O) groups is 1. The van der Waals surface area contributed by atoms with Gasteiger partial charge in [0.15, 0.2) is 6.10 Å². The molecule has 0 saturated carbocycles. The first-order valence-electron chi connectivity index (χ1n) is 6.40. The van der Waals surface area contributed by atoms with E-state index in [1.54, 1.807) is 6.92 Å². The second kappa shape index (κ2) is 6.18. The highest BCUT2D eigenvalue weighted by atomic mass is 19.4. The molecule has 1 aromatic heterocycles. The Morgan fingerprint density at radius 3 is 2.73 bits per heavy atom. The largest absolute Gasteiger partial charge is 0.462 e. The van der Waals surface area contributed by atoms with Crippen LogP contribution in [0.1, 0.15) is 28.9 Å². The number of aliphatic hydroxyl groups excluding tert-OH is 1. The topological polar surface area (TPSA) is 64.3 Å². The van der Waals surface area contributed by atoms with E-state index in [2.05, 4.69) is 5.10 Å². The van der Waals surface area contributed by atoms with Crippen LogP contribution in [0.3, 0.4) is 0 Å². The van der Waals surface area contributed by atoms with Crippen molar-refractivity contribution in [2.75, 3.05) is 6.61 Å². The number of ether oxygens (including phenoxy) is 1. The zero-order valence-corrected chi connectivity index (χ0v) is 11.5. The van der Waals surface area contributed by atoms with Crippen molar-refractivity contribution in [3.8, 4) is 5.69 Å². The summed E-state index contributed by atoms with van der Waals surface area (Å²) in [5, 5.41) is 13.3. The second-order valence-corrected chi connectivity index (χ2v) is 4.40. The molecule has 1 unspecified atom stereocenters. The highest BCUT2D eigenvalue weighted by molar-refractivity contribution is 5.88. The van der Waals surface area contributed by atoms with E-state index >= 15 is 0 Å². The number of esters is 1. The Hall–Kier alpha value is -2.35. The summed E-state index contributed by atoms with van der Waals surface area (Å²) in [5.41, 5.74) is -0.213. The molecule has 1 heterocycles. The summed E-state index contributed by atoms with van der Waals surface area (Å²) in [5.74, 6) is -0.623. The molecule has 0 fully saturated rings. The van der Waals surface area contributed by atoms with Crippen molar-refractivity contribution in [1.82, 2.24) is 9.78 Å². The van der Waals surface area contributed by atoms with Crippen LogP contribution in [0.5, 0.6) is 0 Å². The van der Waals surface area contributed by atoms with E-state index in [1.165, 1.54) is 30.6 Å². The number of halogens is 3. The molecule has 8 heteroatoms. The number of carbonyl (C=O) groups excluding carboxylic acids is 1. The van der Waals surface area contributed by atoms with Crippen molar-refractivity contribution in [2.45, 2.75) is 19.2 Å².